The molecule has 13 heteroatoms. The zero-order valence-electron chi connectivity index (χ0n) is 24.4. The number of aryl methyl sites for hydroxylation is 1. The Morgan fingerprint density at radius 1 is 1.23 bits per heavy atom. The van der Waals surface area contributed by atoms with E-state index in [4.69, 9.17) is 37.7 Å². The number of nitrogens with one attached hydrogen (secondary N) is 2. The van der Waals surface area contributed by atoms with Gasteiger partial charge in [-0.3, -0.25) is 14.2 Å². The van der Waals surface area contributed by atoms with Gasteiger partial charge < -0.3 is 29.8 Å². The van der Waals surface area contributed by atoms with E-state index < -0.39 is 34.2 Å². The van der Waals surface area contributed by atoms with E-state index in [0.29, 0.717) is 41.4 Å². The first kappa shape index (κ1) is 31.7. The normalized spacial score (nSPS) is 23.2. The number of hydrogen-bond donors (Lipinski definition) is 3. The molecular formula is C31H33Cl2N5O6. The minimum absolute atomic E-state index is 0.153. The van der Waals surface area contributed by atoms with Gasteiger partial charge in [-0.15, -0.1) is 11.6 Å². The molecule has 2 aliphatic rings. The highest BCUT2D eigenvalue weighted by Crippen LogP contribution is 2.43. The molecule has 2 unspecified atom stereocenters. The van der Waals surface area contributed by atoms with Gasteiger partial charge in [0.2, 0.25) is 5.88 Å². The van der Waals surface area contributed by atoms with E-state index >= 15 is 0 Å². The fourth-order valence-corrected chi connectivity index (χ4v) is 6.13. The molecule has 1 fully saturated rings. The lowest BCUT2D eigenvalue weighted by Gasteiger charge is -2.39. The third-order valence-electron chi connectivity index (χ3n) is 7.94. The van der Waals surface area contributed by atoms with E-state index in [-0.39, 0.29) is 24.1 Å². The number of methoxy groups -OCH3 is 1. The molecule has 1 saturated heterocycles. The number of aliphatic hydroxyl groups excluding tert-OH is 1. The van der Waals surface area contributed by atoms with Gasteiger partial charge in [-0.2, -0.15) is 0 Å². The average Bonchev–Trinajstić information content (AvgIpc) is 3.02. The summed E-state index contributed by atoms with van der Waals surface area (Å²) in [6, 6.07) is 10.6. The van der Waals surface area contributed by atoms with Crippen LogP contribution in [0.4, 0.5) is 0 Å². The maximum Gasteiger partial charge on any atom is 0.330 e. The predicted molar refractivity (Wildman–Crippen MR) is 167 cm³/mol. The molecule has 232 valence electrons. The summed E-state index contributed by atoms with van der Waals surface area (Å²) in [6.07, 6.45) is 6.47. The third-order valence-corrected chi connectivity index (χ3v) is 8.85. The Bertz CT molecular complexity index is 1750. The number of amides is 1. The zero-order chi connectivity index (χ0) is 31.6. The monoisotopic (exact) mass is 641 g/mol. The van der Waals surface area contributed by atoms with Gasteiger partial charge in [-0.05, 0) is 29.7 Å². The summed E-state index contributed by atoms with van der Waals surface area (Å²) in [5.41, 5.74) is -0.700. The largest absolute Gasteiger partial charge is 0.481 e. The molecule has 5 rings (SSSR count). The smallest absolute Gasteiger partial charge is 0.330 e. The maximum absolute atomic E-state index is 13.8. The lowest BCUT2D eigenvalue weighted by atomic mass is 9.80. The van der Waals surface area contributed by atoms with Crippen molar-refractivity contribution in [2.45, 2.75) is 36.0 Å². The second kappa shape index (κ2) is 13.1. The Kier molecular flexibility index (Phi) is 9.42. The zero-order valence-corrected chi connectivity index (χ0v) is 25.9. The minimum atomic E-state index is -1.47. The summed E-state index contributed by atoms with van der Waals surface area (Å²) >= 11 is 13.8. The third kappa shape index (κ3) is 5.98. The summed E-state index contributed by atoms with van der Waals surface area (Å²) in [4.78, 5) is 43.9. The van der Waals surface area contributed by atoms with Crippen LogP contribution in [0.2, 0.25) is 5.02 Å². The molecule has 1 amide bonds. The lowest BCUT2D eigenvalue weighted by molar-refractivity contribution is -0.0281. The number of halogens is 2. The van der Waals surface area contributed by atoms with E-state index in [0.717, 1.165) is 14.7 Å². The van der Waals surface area contributed by atoms with Gasteiger partial charge in [0.05, 0.1) is 30.9 Å². The minimum Gasteiger partial charge on any atom is -0.481 e. The number of ether oxygens (including phenoxy) is 2. The Balaban J connectivity index is 1.57. The first-order chi connectivity index (χ1) is 21.1. The Hall–Kier alpha value is -3.74. The number of aliphatic hydroxyl groups is 1. The van der Waals surface area contributed by atoms with Crippen LogP contribution in [0.25, 0.3) is 5.57 Å². The van der Waals surface area contributed by atoms with Crippen molar-refractivity contribution in [3.05, 3.63) is 109 Å². The van der Waals surface area contributed by atoms with Crippen molar-refractivity contribution >= 4 is 34.7 Å². The van der Waals surface area contributed by atoms with E-state index in [1.165, 1.54) is 27.4 Å². The van der Waals surface area contributed by atoms with Crippen LogP contribution in [0.1, 0.15) is 33.6 Å². The summed E-state index contributed by atoms with van der Waals surface area (Å²) in [7, 11) is 4.25. The second-order valence-corrected chi connectivity index (χ2v) is 11.6. The van der Waals surface area contributed by atoms with Crippen molar-refractivity contribution in [2.24, 2.45) is 14.1 Å². The number of carbonyl (C=O) groups is 1. The number of nitrogens with zero attached hydrogens (tertiary/aromatic N) is 3. The van der Waals surface area contributed by atoms with E-state index in [2.05, 4.69) is 10.6 Å². The standard InChI is InChI=1S/C31H33Cl2N5O6/c1-37-16-21(29(41)38(2)30(37)42)27(40)36-31(13-6-8-20(26(31)33)19-7-4-5-9-22(19)32)25-11-10-18(28(35-25)43-3)15-34-23-12-14-44-17-24(23)39/h4-11,13,16,23-24,26,34,39H,12,14-15,17H2,1-3H3,(H,36,40)/t23-,24+,26?,31?/m1/s1. The molecular weight excluding hydrogens is 609 g/mol. The molecule has 0 radical (unpaired) electrons. The highest BCUT2D eigenvalue weighted by atomic mass is 35.5. The van der Waals surface area contributed by atoms with Gasteiger partial charge >= 0.3 is 5.69 Å². The fraction of sp³-hybridized carbons (Fsp3) is 0.355. The lowest BCUT2D eigenvalue weighted by Crippen LogP contribution is -2.54. The van der Waals surface area contributed by atoms with Crippen molar-refractivity contribution < 1.29 is 19.4 Å². The summed E-state index contributed by atoms with van der Waals surface area (Å²) in [6.45, 7) is 1.17. The van der Waals surface area contributed by atoms with E-state index in [1.807, 2.05) is 24.3 Å². The Labute approximate surface area is 263 Å². The topological polar surface area (TPSA) is 137 Å². The molecule has 0 bridgehead atoms. The molecule has 1 aliphatic carbocycles. The van der Waals surface area contributed by atoms with Gasteiger partial charge in [-0.25, -0.2) is 9.78 Å². The number of alkyl halides is 1. The maximum atomic E-state index is 13.8. The van der Waals surface area contributed by atoms with Crippen LogP contribution < -0.4 is 26.6 Å². The van der Waals surface area contributed by atoms with Crippen LogP contribution in [0.3, 0.4) is 0 Å². The number of pyridine rings is 1. The van der Waals surface area contributed by atoms with Crippen molar-refractivity contribution in [1.82, 2.24) is 24.8 Å². The Morgan fingerprint density at radius 3 is 2.73 bits per heavy atom. The van der Waals surface area contributed by atoms with Crippen molar-refractivity contribution in [1.29, 1.82) is 0 Å². The Morgan fingerprint density at radius 2 is 2.00 bits per heavy atom. The van der Waals surface area contributed by atoms with Crippen LogP contribution in [0.15, 0.2) is 70.4 Å². The average molecular weight is 643 g/mol. The van der Waals surface area contributed by atoms with Crippen molar-refractivity contribution in [3.8, 4) is 5.88 Å². The van der Waals surface area contributed by atoms with Crippen LogP contribution in [-0.2, 0) is 30.9 Å². The highest BCUT2D eigenvalue weighted by Gasteiger charge is 2.45. The number of hydrogen-bond acceptors (Lipinski definition) is 8. The first-order valence-corrected chi connectivity index (χ1v) is 14.8. The van der Waals surface area contributed by atoms with Crippen molar-refractivity contribution in [2.75, 3.05) is 20.3 Å². The van der Waals surface area contributed by atoms with Crippen LogP contribution in [-0.4, -0.2) is 63.0 Å². The van der Waals surface area contributed by atoms with Crippen LogP contribution in [0, 0.1) is 0 Å². The number of allylic oxidation sites excluding steroid dienone is 2. The molecule has 0 saturated carbocycles. The van der Waals surface area contributed by atoms with Gasteiger partial charge in [-0.1, -0.05) is 54.1 Å². The van der Waals surface area contributed by atoms with Gasteiger partial charge in [0.15, 0.2) is 0 Å². The molecule has 1 aromatic carbocycles. The molecule has 44 heavy (non-hydrogen) atoms. The van der Waals surface area contributed by atoms with E-state index in [9.17, 15) is 19.5 Å². The van der Waals surface area contributed by atoms with Crippen molar-refractivity contribution in [3.63, 3.8) is 0 Å². The summed E-state index contributed by atoms with van der Waals surface area (Å²) < 4.78 is 13.0. The summed E-state index contributed by atoms with van der Waals surface area (Å²) in [5, 5.41) is 16.1. The number of aromatic nitrogens is 3. The molecule has 2 aromatic heterocycles. The summed E-state index contributed by atoms with van der Waals surface area (Å²) in [5.74, 6) is -0.466. The van der Waals surface area contributed by atoms with E-state index in [1.54, 1.807) is 30.4 Å². The number of carbonyl (C=O) groups excluding carboxylic acids is 1. The molecule has 3 aromatic rings. The molecule has 3 N–H and O–H groups in total. The molecule has 11 nitrogen and oxygen atoms in total. The quantitative estimate of drug-likeness (QED) is 0.319. The predicted octanol–water partition coefficient (Wildman–Crippen LogP) is 2.27. The van der Waals surface area contributed by atoms with Crippen LogP contribution in [0.5, 0.6) is 5.88 Å². The molecule has 3 heterocycles. The molecule has 0 spiro atoms. The molecule has 1 aliphatic heterocycles. The van der Waals surface area contributed by atoms with Gasteiger partial charge in [0, 0.05) is 50.1 Å². The highest BCUT2D eigenvalue weighted by molar-refractivity contribution is 6.34. The molecule has 4 atom stereocenters. The SMILES string of the molecule is COc1nc(C2(NC(=O)c3cn(C)c(=O)n(C)c3=O)C=CC=C(c3ccccc3Cl)C2Cl)ccc1CN[C@@H]1CCOC[C@@H]1O. The number of rotatable bonds is 8. The first-order valence-electron chi connectivity index (χ1n) is 14.0. The van der Waals surface area contributed by atoms with Gasteiger partial charge in [0.25, 0.3) is 11.5 Å². The fourth-order valence-electron chi connectivity index (χ4n) is 5.46. The number of benzene rings is 1. The second-order valence-electron chi connectivity index (χ2n) is 10.7. The van der Waals surface area contributed by atoms with Crippen LogP contribution >= 0.6 is 23.2 Å². The van der Waals surface area contributed by atoms with Gasteiger partial charge in [0.1, 0.15) is 11.1 Å².